The van der Waals surface area contributed by atoms with Gasteiger partial charge < -0.3 is 0 Å². The van der Waals surface area contributed by atoms with Crippen LogP contribution in [0.15, 0.2) is 23.0 Å². The van der Waals surface area contributed by atoms with Crippen molar-refractivity contribution in [3.63, 3.8) is 0 Å². The Bertz CT molecular complexity index is 736. The molecule has 1 aromatic heterocycles. The summed E-state index contributed by atoms with van der Waals surface area (Å²) in [6.45, 7) is 0.689. The van der Waals surface area contributed by atoms with Gasteiger partial charge >= 0.3 is 0 Å². The molecular weight excluding hydrogens is 258 g/mol. The van der Waals surface area contributed by atoms with Crippen molar-refractivity contribution in [2.75, 3.05) is 0 Å². The van der Waals surface area contributed by atoms with Crippen LogP contribution in [0.25, 0.3) is 10.9 Å². The maximum atomic E-state index is 12.5. The first-order valence-corrected chi connectivity index (χ1v) is 6.85. The van der Waals surface area contributed by atoms with Gasteiger partial charge in [-0.3, -0.25) is 19.5 Å². The van der Waals surface area contributed by atoms with E-state index in [0.717, 1.165) is 37.9 Å². The molecule has 1 aromatic carbocycles. The Labute approximate surface area is 115 Å². The van der Waals surface area contributed by atoms with Crippen LogP contribution in [0.4, 0.5) is 5.69 Å². The molecule has 3 rings (SSSR count). The summed E-state index contributed by atoms with van der Waals surface area (Å²) in [6, 6.07) is 4.26. The SMILES string of the molecule is O=c1c2ccc([N+](=O)[O-])cc2nc2n1CCCCCC2. The van der Waals surface area contributed by atoms with E-state index in [2.05, 4.69) is 4.98 Å². The molecule has 0 spiro atoms. The minimum Gasteiger partial charge on any atom is -0.296 e. The second-order valence-electron chi connectivity index (χ2n) is 5.11. The zero-order valence-corrected chi connectivity index (χ0v) is 11.0. The van der Waals surface area contributed by atoms with Gasteiger partial charge in [-0.05, 0) is 18.9 Å². The van der Waals surface area contributed by atoms with Gasteiger partial charge in [-0.15, -0.1) is 0 Å². The highest BCUT2D eigenvalue weighted by Gasteiger charge is 2.15. The highest BCUT2D eigenvalue weighted by Crippen LogP contribution is 2.19. The van der Waals surface area contributed by atoms with Gasteiger partial charge in [-0.25, -0.2) is 4.98 Å². The number of hydrogen-bond acceptors (Lipinski definition) is 4. The fourth-order valence-electron chi connectivity index (χ4n) is 2.70. The Morgan fingerprint density at radius 3 is 2.80 bits per heavy atom. The van der Waals surface area contributed by atoms with Crippen molar-refractivity contribution in [2.45, 2.75) is 38.6 Å². The maximum absolute atomic E-state index is 12.5. The Balaban J connectivity index is 2.22. The second-order valence-corrected chi connectivity index (χ2v) is 5.11. The molecule has 2 aromatic rings. The van der Waals surface area contributed by atoms with Gasteiger partial charge in [0.25, 0.3) is 11.2 Å². The van der Waals surface area contributed by atoms with Gasteiger partial charge in [0.15, 0.2) is 0 Å². The van der Waals surface area contributed by atoms with E-state index in [0.29, 0.717) is 17.4 Å². The Morgan fingerprint density at radius 2 is 2.00 bits per heavy atom. The van der Waals surface area contributed by atoms with Crippen molar-refractivity contribution in [3.05, 3.63) is 44.5 Å². The van der Waals surface area contributed by atoms with Gasteiger partial charge in [0.05, 0.1) is 15.8 Å². The predicted molar refractivity (Wildman–Crippen MR) is 74.8 cm³/mol. The molecular formula is C14H15N3O3. The van der Waals surface area contributed by atoms with Crippen molar-refractivity contribution < 1.29 is 4.92 Å². The number of benzene rings is 1. The molecule has 2 heterocycles. The van der Waals surface area contributed by atoms with E-state index in [-0.39, 0.29) is 11.2 Å². The topological polar surface area (TPSA) is 78.0 Å². The minimum absolute atomic E-state index is 0.0276. The minimum atomic E-state index is -0.463. The normalized spacial score (nSPS) is 15.4. The second kappa shape index (κ2) is 5.03. The highest BCUT2D eigenvalue weighted by molar-refractivity contribution is 5.80. The summed E-state index contributed by atoms with van der Waals surface area (Å²) in [5.74, 6) is 0.752. The van der Waals surface area contributed by atoms with Crippen LogP contribution < -0.4 is 5.56 Å². The molecule has 6 nitrogen and oxygen atoms in total. The summed E-state index contributed by atoms with van der Waals surface area (Å²) in [5.41, 5.74) is 0.318. The molecule has 0 amide bonds. The first-order valence-electron chi connectivity index (χ1n) is 6.85. The average molecular weight is 273 g/mol. The molecule has 0 atom stereocenters. The number of nitro benzene ring substituents is 1. The summed E-state index contributed by atoms with van der Waals surface area (Å²) in [6.07, 6.45) is 5.01. The Hall–Kier alpha value is -2.24. The molecule has 0 bridgehead atoms. The molecule has 0 saturated heterocycles. The van der Waals surface area contributed by atoms with Crippen LogP contribution >= 0.6 is 0 Å². The van der Waals surface area contributed by atoms with Crippen molar-refractivity contribution in [1.29, 1.82) is 0 Å². The van der Waals surface area contributed by atoms with E-state index in [9.17, 15) is 14.9 Å². The Morgan fingerprint density at radius 1 is 1.20 bits per heavy atom. The van der Waals surface area contributed by atoms with Gasteiger partial charge in [0.2, 0.25) is 0 Å². The summed E-state index contributed by atoms with van der Waals surface area (Å²) < 4.78 is 1.73. The third-order valence-electron chi connectivity index (χ3n) is 3.76. The number of non-ortho nitro benzene ring substituents is 1. The lowest BCUT2D eigenvalue weighted by Crippen LogP contribution is -2.26. The molecule has 20 heavy (non-hydrogen) atoms. The van der Waals surface area contributed by atoms with Crippen LogP contribution in [0, 0.1) is 10.1 Å². The standard InChI is InChI=1S/C14H15N3O3/c18-14-11-7-6-10(17(19)20)9-12(11)15-13-5-3-1-2-4-8-16(13)14/h6-7,9H,1-5,8H2. The van der Waals surface area contributed by atoms with Crippen LogP contribution in [0.5, 0.6) is 0 Å². The first-order chi connectivity index (χ1) is 9.66. The zero-order chi connectivity index (χ0) is 14.1. The molecule has 0 saturated carbocycles. The van der Waals surface area contributed by atoms with E-state index in [1.165, 1.54) is 18.2 Å². The molecule has 0 N–H and O–H groups in total. The summed E-state index contributed by atoms with van der Waals surface area (Å²) in [7, 11) is 0. The van der Waals surface area contributed by atoms with E-state index in [4.69, 9.17) is 0 Å². The molecule has 0 aliphatic carbocycles. The van der Waals surface area contributed by atoms with Gasteiger partial charge in [0, 0.05) is 25.1 Å². The number of nitro groups is 1. The Kier molecular flexibility index (Phi) is 3.22. The average Bonchev–Trinajstić information content (AvgIpc) is 2.40. The van der Waals surface area contributed by atoms with Gasteiger partial charge in [-0.2, -0.15) is 0 Å². The largest absolute Gasteiger partial charge is 0.296 e. The fraction of sp³-hybridized carbons (Fsp3) is 0.429. The van der Waals surface area contributed by atoms with E-state index < -0.39 is 4.92 Å². The summed E-state index contributed by atoms with van der Waals surface area (Å²) in [4.78, 5) is 27.3. The lowest BCUT2D eigenvalue weighted by Gasteiger charge is -2.16. The number of hydrogen-bond donors (Lipinski definition) is 0. The molecule has 104 valence electrons. The molecule has 1 aliphatic rings. The van der Waals surface area contributed by atoms with Crippen LogP contribution in [-0.4, -0.2) is 14.5 Å². The third kappa shape index (κ3) is 2.17. The quantitative estimate of drug-likeness (QED) is 0.590. The number of rotatable bonds is 1. The van der Waals surface area contributed by atoms with Crippen molar-refractivity contribution in [1.82, 2.24) is 9.55 Å². The van der Waals surface area contributed by atoms with Crippen LogP contribution in [-0.2, 0) is 13.0 Å². The van der Waals surface area contributed by atoms with Crippen LogP contribution in [0.3, 0.4) is 0 Å². The van der Waals surface area contributed by atoms with Crippen LogP contribution in [0.1, 0.15) is 31.5 Å². The third-order valence-corrected chi connectivity index (χ3v) is 3.76. The fourth-order valence-corrected chi connectivity index (χ4v) is 2.70. The van der Waals surface area contributed by atoms with Gasteiger partial charge in [-0.1, -0.05) is 12.8 Å². The first kappa shape index (κ1) is 12.8. The summed E-state index contributed by atoms with van der Waals surface area (Å²) in [5, 5.41) is 11.3. The van der Waals surface area contributed by atoms with Crippen molar-refractivity contribution in [3.8, 4) is 0 Å². The van der Waals surface area contributed by atoms with E-state index >= 15 is 0 Å². The van der Waals surface area contributed by atoms with Gasteiger partial charge in [0.1, 0.15) is 5.82 Å². The number of aryl methyl sites for hydroxylation is 1. The maximum Gasteiger partial charge on any atom is 0.271 e. The summed E-state index contributed by atoms with van der Waals surface area (Å²) >= 11 is 0. The monoisotopic (exact) mass is 273 g/mol. The van der Waals surface area contributed by atoms with E-state index in [1.807, 2.05) is 0 Å². The molecule has 6 heteroatoms. The number of aromatic nitrogens is 2. The van der Waals surface area contributed by atoms with Crippen LogP contribution in [0.2, 0.25) is 0 Å². The van der Waals surface area contributed by atoms with Crippen molar-refractivity contribution >= 4 is 16.6 Å². The molecule has 1 aliphatic heterocycles. The molecule has 0 unspecified atom stereocenters. The smallest absolute Gasteiger partial charge is 0.271 e. The number of fused-ring (bicyclic) bond motifs is 2. The molecule has 0 radical (unpaired) electrons. The lowest BCUT2D eigenvalue weighted by molar-refractivity contribution is -0.384. The zero-order valence-electron chi connectivity index (χ0n) is 11.0. The number of nitrogens with zero attached hydrogens (tertiary/aromatic N) is 3. The van der Waals surface area contributed by atoms with Crippen molar-refractivity contribution in [2.24, 2.45) is 0 Å². The van der Waals surface area contributed by atoms with E-state index in [1.54, 1.807) is 4.57 Å². The lowest BCUT2D eigenvalue weighted by atomic mass is 10.1. The molecule has 0 fully saturated rings. The predicted octanol–water partition coefficient (Wildman–Crippen LogP) is 2.42. The highest BCUT2D eigenvalue weighted by atomic mass is 16.6.